The summed E-state index contributed by atoms with van der Waals surface area (Å²) in [5.74, 6) is 0.223. The Labute approximate surface area is 107 Å². The molecule has 1 amide bonds. The molecule has 0 aliphatic carbocycles. The van der Waals surface area contributed by atoms with Crippen LogP contribution in [0.5, 0.6) is 0 Å². The molecule has 92 valence electrons. The summed E-state index contributed by atoms with van der Waals surface area (Å²) in [4.78, 5) is 15.5. The van der Waals surface area contributed by atoms with Gasteiger partial charge in [-0.3, -0.25) is 4.79 Å². The fourth-order valence-electron chi connectivity index (χ4n) is 2.08. The van der Waals surface area contributed by atoms with Crippen molar-refractivity contribution in [2.24, 2.45) is 0 Å². The minimum Gasteiger partial charge on any atom is -0.339 e. The van der Waals surface area contributed by atoms with Crippen molar-refractivity contribution in [3.05, 3.63) is 33.5 Å². The molecule has 1 aromatic heterocycles. The summed E-state index contributed by atoms with van der Waals surface area (Å²) in [6, 6.07) is 1.97. The molecule has 0 aromatic carbocycles. The number of rotatable bonds is 3. The van der Waals surface area contributed by atoms with Gasteiger partial charge >= 0.3 is 0 Å². The molecule has 1 fully saturated rings. The number of thiophene rings is 1. The first kappa shape index (κ1) is 12.4. The summed E-state index contributed by atoms with van der Waals surface area (Å²) in [7, 11) is 0. The second-order valence-electron chi connectivity index (χ2n) is 4.74. The van der Waals surface area contributed by atoms with E-state index in [2.05, 4.69) is 19.9 Å². The highest BCUT2D eigenvalue weighted by atomic mass is 32.1. The van der Waals surface area contributed by atoms with E-state index in [1.165, 1.54) is 10.5 Å². The van der Waals surface area contributed by atoms with Crippen molar-refractivity contribution in [2.75, 3.05) is 13.1 Å². The molecule has 0 spiro atoms. The predicted octanol–water partition coefficient (Wildman–Crippen LogP) is 3.49. The number of likely N-dealkylation sites (tertiary alicyclic amines) is 1. The van der Waals surface area contributed by atoms with Crippen molar-refractivity contribution in [3.8, 4) is 0 Å². The van der Waals surface area contributed by atoms with E-state index in [0.29, 0.717) is 0 Å². The smallest absolute Gasteiger partial charge is 0.254 e. The molecule has 0 atom stereocenters. The largest absolute Gasteiger partial charge is 0.339 e. The van der Waals surface area contributed by atoms with Gasteiger partial charge in [-0.1, -0.05) is 11.6 Å². The zero-order valence-corrected chi connectivity index (χ0v) is 11.3. The maximum Gasteiger partial charge on any atom is 0.254 e. The summed E-state index contributed by atoms with van der Waals surface area (Å²) in [6.07, 6.45) is 5.37. The van der Waals surface area contributed by atoms with Crippen LogP contribution in [0.25, 0.3) is 0 Å². The summed E-state index contributed by atoms with van der Waals surface area (Å²) < 4.78 is 0. The Morgan fingerprint density at radius 2 is 2.12 bits per heavy atom. The minimum absolute atomic E-state index is 0.223. The van der Waals surface area contributed by atoms with Crippen molar-refractivity contribution in [2.45, 2.75) is 33.1 Å². The lowest BCUT2D eigenvalue weighted by Gasteiger charge is -2.15. The second-order valence-corrected chi connectivity index (χ2v) is 5.74. The quantitative estimate of drug-likeness (QED) is 0.751. The topological polar surface area (TPSA) is 20.3 Å². The maximum atomic E-state index is 12.3. The molecule has 2 rings (SSSR count). The van der Waals surface area contributed by atoms with Crippen LogP contribution in [0.15, 0.2) is 23.1 Å². The third kappa shape index (κ3) is 2.97. The molecule has 0 saturated carbocycles. The molecule has 0 radical (unpaired) electrons. The number of nitrogens with zero attached hydrogens (tertiary/aromatic N) is 1. The number of carbonyl (C=O) groups is 1. The molecule has 0 bridgehead atoms. The minimum atomic E-state index is 0.223. The van der Waals surface area contributed by atoms with Gasteiger partial charge in [0.15, 0.2) is 0 Å². The molecule has 2 heterocycles. The molecular weight excluding hydrogens is 230 g/mol. The first-order valence-corrected chi connectivity index (χ1v) is 7.05. The molecule has 17 heavy (non-hydrogen) atoms. The van der Waals surface area contributed by atoms with Gasteiger partial charge in [0.25, 0.3) is 5.91 Å². The molecule has 0 unspecified atom stereocenters. The van der Waals surface area contributed by atoms with Gasteiger partial charge in [0.2, 0.25) is 0 Å². The molecule has 3 heteroatoms. The monoisotopic (exact) mass is 249 g/mol. The summed E-state index contributed by atoms with van der Waals surface area (Å²) >= 11 is 1.69. The molecule has 1 saturated heterocycles. The maximum absolute atomic E-state index is 12.3. The van der Waals surface area contributed by atoms with E-state index in [1.807, 2.05) is 16.3 Å². The lowest BCUT2D eigenvalue weighted by atomic mass is 10.1. The summed E-state index contributed by atoms with van der Waals surface area (Å²) in [6.45, 7) is 6.04. The Balaban J connectivity index is 2.12. The van der Waals surface area contributed by atoms with Crippen LogP contribution in [-0.4, -0.2) is 23.9 Å². The number of hydrogen-bond donors (Lipinski definition) is 0. The van der Waals surface area contributed by atoms with Crippen molar-refractivity contribution < 1.29 is 4.79 Å². The first-order chi connectivity index (χ1) is 8.18. The van der Waals surface area contributed by atoms with Crippen LogP contribution in [0.2, 0.25) is 0 Å². The zero-order valence-electron chi connectivity index (χ0n) is 10.5. The van der Waals surface area contributed by atoms with Gasteiger partial charge in [-0.05, 0) is 38.1 Å². The normalized spacial score (nSPS) is 15.1. The number of allylic oxidation sites excluding steroid dienone is 2. The zero-order chi connectivity index (χ0) is 12.3. The van der Waals surface area contributed by atoms with Crippen LogP contribution < -0.4 is 0 Å². The van der Waals surface area contributed by atoms with Crippen LogP contribution in [0.4, 0.5) is 0 Å². The molecule has 2 nitrogen and oxygen atoms in total. The van der Waals surface area contributed by atoms with E-state index in [9.17, 15) is 4.79 Å². The van der Waals surface area contributed by atoms with Gasteiger partial charge < -0.3 is 4.90 Å². The number of carbonyl (C=O) groups excluding carboxylic acids is 1. The number of hydrogen-bond acceptors (Lipinski definition) is 2. The van der Waals surface area contributed by atoms with E-state index < -0.39 is 0 Å². The van der Waals surface area contributed by atoms with Crippen LogP contribution in [-0.2, 0) is 6.42 Å². The third-order valence-corrected chi connectivity index (χ3v) is 4.01. The van der Waals surface area contributed by atoms with Crippen molar-refractivity contribution in [1.29, 1.82) is 0 Å². The molecular formula is C14H19NOS. The van der Waals surface area contributed by atoms with Crippen molar-refractivity contribution >= 4 is 17.2 Å². The SMILES string of the molecule is CC(C)=CCc1sccc1C(=O)N1CCCC1. The van der Waals surface area contributed by atoms with E-state index in [1.54, 1.807) is 11.3 Å². The standard InChI is InChI=1S/C14H19NOS/c1-11(2)5-6-13-12(7-10-17-13)14(16)15-8-3-4-9-15/h5,7,10H,3-4,6,8-9H2,1-2H3. The van der Waals surface area contributed by atoms with E-state index in [4.69, 9.17) is 0 Å². The van der Waals surface area contributed by atoms with E-state index >= 15 is 0 Å². The average Bonchev–Trinajstić information content (AvgIpc) is 2.96. The van der Waals surface area contributed by atoms with Crippen LogP contribution >= 0.6 is 11.3 Å². The van der Waals surface area contributed by atoms with Gasteiger partial charge in [-0.25, -0.2) is 0 Å². The summed E-state index contributed by atoms with van der Waals surface area (Å²) in [5.41, 5.74) is 2.22. The Morgan fingerprint density at radius 1 is 1.41 bits per heavy atom. The second kappa shape index (κ2) is 5.50. The first-order valence-electron chi connectivity index (χ1n) is 6.17. The van der Waals surface area contributed by atoms with Crippen LogP contribution in [0.3, 0.4) is 0 Å². The Hall–Kier alpha value is -1.09. The molecule has 1 aliphatic rings. The van der Waals surface area contributed by atoms with Crippen molar-refractivity contribution in [1.82, 2.24) is 4.90 Å². The highest BCUT2D eigenvalue weighted by Crippen LogP contribution is 2.22. The van der Waals surface area contributed by atoms with Crippen LogP contribution in [0.1, 0.15) is 41.9 Å². The molecule has 1 aromatic rings. The highest BCUT2D eigenvalue weighted by molar-refractivity contribution is 7.10. The Kier molecular flexibility index (Phi) is 4.00. The van der Waals surface area contributed by atoms with Gasteiger partial charge in [-0.15, -0.1) is 11.3 Å². The van der Waals surface area contributed by atoms with Crippen molar-refractivity contribution in [3.63, 3.8) is 0 Å². The van der Waals surface area contributed by atoms with Gasteiger partial charge in [0.1, 0.15) is 0 Å². The van der Waals surface area contributed by atoms with Crippen LogP contribution in [0, 0.1) is 0 Å². The Morgan fingerprint density at radius 3 is 2.76 bits per heavy atom. The lowest BCUT2D eigenvalue weighted by Crippen LogP contribution is -2.27. The highest BCUT2D eigenvalue weighted by Gasteiger charge is 2.21. The number of amides is 1. The van der Waals surface area contributed by atoms with Gasteiger partial charge in [-0.2, -0.15) is 0 Å². The fraction of sp³-hybridized carbons (Fsp3) is 0.500. The molecule has 1 aliphatic heterocycles. The average molecular weight is 249 g/mol. The third-order valence-electron chi connectivity index (χ3n) is 3.06. The van der Waals surface area contributed by atoms with Gasteiger partial charge in [0.05, 0.1) is 5.56 Å². The molecule has 0 N–H and O–H groups in total. The van der Waals surface area contributed by atoms with E-state index in [-0.39, 0.29) is 5.91 Å². The van der Waals surface area contributed by atoms with Gasteiger partial charge in [0, 0.05) is 24.4 Å². The lowest BCUT2D eigenvalue weighted by molar-refractivity contribution is 0.0792. The predicted molar refractivity (Wildman–Crippen MR) is 72.6 cm³/mol. The summed E-state index contributed by atoms with van der Waals surface area (Å²) in [5, 5.41) is 2.03. The Bertz CT molecular complexity index is 423. The van der Waals surface area contributed by atoms with E-state index in [0.717, 1.165) is 37.9 Å². The fourth-order valence-corrected chi connectivity index (χ4v) is 2.91.